The molecule has 0 aliphatic heterocycles. The molecule has 0 aliphatic carbocycles. The molecule has 2 aromatic carbocycles. The Hall–Kier alpha value is -3.71. The molecule has 0 spiro atoms. The molecule has 4 rings (SSSR count). The SMILES string of the molecule is O=C(Cn1c(=O)c(=O)n(Cc2ccc(Cl)cc2)c2ccccc21)NCc1cccnc1. The highest BCUT2D eigenvalue weighted by molar-refractivity contribution is 6.30. The summed E-state index contributed by atoms with van der Waals surface area (Å²) < 4.78 is 2.64. The highest BCUT2D eigenvalue weighted by Crippen LogP contribution is 2.14. The van der Waals surface area contributed by atoms with Gasteiger partial charge in [-0.3, -0.25) is 28.5 Å². The van der Waals surface area contributed by atoms with Gasteiger partial charge in [0, 0.05) is 24.0 Å². The second kappa shape index (κ2) is 8.97. The fourth-order valence-electron chi connectivity index (χ4n) is 3.36. The number of fused-ring (bicyclic) bond motifs is 1. The first-order chi connectivity index (χ1) is 15.0. The molecule has 8 heteroatoms. The Labute approximate surface area is 182 Å². The van der Waals surface area contributed by atoms with Gasteiger partial charge in [0.15, 0.2) is 0 Å². The largest absolute Gasteiger partial charge is 0.350 e. The molecular weight excluding hydrogens is 416 g/mol. The molecule has 2 heterocycles. The molecule has 31 heavy (non-hydrogen) atoms. The van der Waals surface area contributed by atoms with Gasteiger partial charge in [0.2, 0.25) is 5.91 Å². The maximum Gasteiger partial charge on any atom is 0.317 e. The van der Waals surface area contributed by atoms with Crippen molar-refractivity contribution in [2.75, 3.05) is 0 Å². The predicted octanol–water partition coefficient (Wildman–Crippen LogP) is 2.58. The Balaban J connectivity index is 1.66. The second-order valence-corrected chi connectivity index (χ2v) is 7.47. The monoisotopic (exact) mass is 434 g/mol. The Morgan fingerprint density at radius 1 is 0.871 bits per heavy atom. The number of halogens is 1. The summed E-state index contributed by atoms with van der Waals surface area (Å²) in [5.74, 6) is -0.369. The van der Waals surface area contributed by atoms with Crippen LogP contribution in [-0.4, -0.2) is 20.0 Å². The zero-order valence-corrected chi connectivity index (χ0v) is 17.2. The van der Waals surface area contributed by atoms with E-state index in [2.05, 4.69) is 10.3 Å². The van der Waals surface area contributed by atoms with Crippen molar-refractivity contribution in [3.05, 3.63) is 110 Å². The molecule has 0 unspecified atom stereocenters. The number of benzene rings is 2. The molecule has 0 aliphatic rings. The lowest BCUT2D eigenvalue weighted by Crippen LogP contribution is -2.44. The molecular formula is C23H19ClN4O3. The maximum absolute atomic E-state index is 12.9. The number of hydrogen-bond donors (Lipinski definition) is 1. The van der Waals surface area contributed by atoms with E-state index in [4.69, 9.17) is 11.6 Å². The van der Waals surface area contributed by atoms with E-state index in [1.807, 2.05) is 6.07 Å². The van der Waals surface area contributed by atoms with Crippen LogP contribution in [-0.2, 0) is 24.4 Å². The Bertz CT molecular complexity index is 1350. The number of nitrogens with zero attached hydrogens (tertiary/aromatic N) is 3. The van der Waals surface area contributed by atoms with Crippen molar-refractivity contribution in [2.24, 2.45) is 0 Å². The number of carbonyl (C=O) groups is 1. The first-order valence-electron chi connectivity index (χ1n) is 9.65. The van der Waals surface area contributed by atoms with Crippen LogP contribution in [0.3, 0.4) is 0 Å². The van der Waals surface area contributed by atoms with Crippen LogP contribution < -0.4 is 16.4 Å². The van der Waals surface area contributed by atoms with Crippen LogP contribution >= 0.6 is 11.6 Å². The van der Waals surface area contributed by atoms with Crippen LogP contribution in [0.4, 0.5) is 0 Å². The minimum absolute atomic E-state index is 0.222. The molecule has 7 nitrogen and oxygen atoms in total. The van der Waals surface area contributed by atoms with E-state index in [1.165, 1.54) is 9.13 Å². The summed E-state index contributed by atoms with van der Waals surface area (Å²) in [6.45, 7) is 0.253. The lowest BCUT2D eigenvalue weighted by Gasteiger charge is -2.15. The van der Waals surface area contributed by atoms with Gasteiger partial charge in [-0.15, -0.1) is 0 Å². The van der Waals surface area contributed by atoms with Gasteiger partial charge in [0.1, 0.15) is 6.54 Å². The van der Waals surface area contributed by atoms with E-state index in [9.17, 15) is 14.4 Å². The van der Waals surface area contributed by atoms with Crippen molar-refractivity contribution in [2.45, 2.75) is 19.6 Å². The third-order valence-electron chi connectivity index (χ3n) is 4.90. The molecule has 0 saturated carbocycles. The van der Waals surface area contributed by atoms with Crippen LogP contribution in [0.15, 0.2) is 82.6 Å². The van der Waals surface area contributed by atoms with Gasteiger partial charge in [0.25, 0.3) is 0 Å². The van der Waals surface area contributed by atoms with Crippen molar-refractivity contribution in [3.63, 3.8) is 0 Å². The van der Waals surface area contributed by atoms with Crippen LogP contribution in [0.25, 0.3) is 11.0 Å². The number of para-hydroxylation sites is 2. The number of nitrogens with one attached hydrogen (secondary N) is 1. The minimum atomic E-state index is -0.746. The number of pyridine rings is 1. The topological polar surface area (TPSA) is 86.0 Å². The molecule has 0 saturated heterocycles. The van der Waals surface area contributed by atoms with Crippen LogP contribution in [0.2, 0.25) is 5.02 Å². The summed E-state index contributed by atoms with van der Waals surface area (Å²) in [4.78, 5) is 42.3. The number of carbonyl (C=O) groups excluding carboxylic acids is 1. The lowest BCUT2D eigenvalue weighted by molar-refractivity contribution is -0.121. The zero-order chi connectivity index (χ0) is 21.8. The molecule has 156 valence electrons. The third kappa shape index (κ3) is 4.57. The van der Waals surface area contributed by atoms with Crippen molar-refractivity contribution >= 4 is 28.5 Å². The van der Waals surface area contributed by atoms with Gasteiger partial charge < -0.3 is 5.32 Å². The van der Waals surface area contributed by atoms with E-state index in [-0.39, 0.29) is 25.5 Å². The number of hydrogen-bond acceptors (Lipinski definition) is 4. The Morgan fingerprint density at radius 2 is 1.55 bits per heavy atom. The minimum Gasteiger partial charge on any atom is -0.350 e. The summed E-state index contributed by atoms with van der Waals surface area (Å²) in [5, 5.41) is 3.35. The van der Waals surface area contributed by atoms with Crippen molar-refractivity contribution < 1.29 is 4.79 Å². The summed E-state index contributed by atoms with van der Waals surface area (Å²) in [6.07, 6.45) is 3.30. The number of aromatic nitrogens is 3. The van der Waals surface area contributed by atoms with Crippen molar-refractivity contribution in [1.82, 2.24) is 19.4 Å². The zero-order valence-electron chi connectivity index (χ0n) is 16.5. The summed E-state index contributed by atoms with van der Waals surface area (Å²) >= 11 is 5.94. The molecule has 1 amide bonds. The molecule has 0 fully saturated rings. The van der Waals surface area contributed by atoms with E-state index in [1.54, 1.807) is 67.0 Å². The standard InChI is InChI=1S/C23H19ClN4O3/c24-18-9-7-16(8-10-18)14-27-19-5-1-2-6-20(19)28(23(31)22(27)30)15-21(29)26-13-17-4-3-11-25-12-17/h1-12H,13-15H2,(H,26,29). The van der Waals surface area contributed by atoms with E-state index < -0.39 is 11.1 Å². The van der Waals surface area contributed by atoms with Gasteiger partial charge in [-0.05, 0) is 41.5 Å². The molecule has 0 radical (unpaired) electrons. The van der Waals surface area contributed by atoms with Gasteiger partial charge in [-0.2, -0.15) is 0 Å². The summed E-state index contributed by atoms with van der Waals surface area (Å²) in [5.41, 5.74) is 1.33. The molecule has 4 aromatic rings. The molecule has 2 aromatic heterocycles. The van der Waals surface area contributed by atoms with Crippen LogP contribution in [0.5, 0.6) is 0 Å². The fraction of sp³-hybridized carbons (Fsp3) is 0.130. The quantitative estimate of drug-likeness (QED) is 0.472. The van der Waals surface area contributed by atoms with Gasteiger partial charge in [-0.25, -0.2) is 0 Å². The molecule has 1 N–H and O–H groups in total. The average Bonchev–Trinajstić information content (AvgIpc) is 2.80. The summed E-state index contributed by atoms with van der Waals surface area (Å²) in [6, 6.07) is 17.7. The fourth-order valence-corrected chi connectivity index (χ4v) is 3.49. The normalized spacial score (nSPS) is 10.9. The maximum atomic E-state index is 12.9. The van der Waals surface area contributed by atoms with Crippen LogP contribution in [0, 0.1) is 0 Å². The van der Waals surface area contributed by atoms with Crippen molar-refractivity contribution in [1.29, 1.82) is 0 Å². The Kier molecular flexibility index (Phi) is 5.95. The van der Waals surface area contributed by atoms with Gasteiger partial charge in [-0.1, -0.05) is 41.9 Å². The van der Waals surface area contributed by atoms with E-state index in [0.717, 1.165) is 11.1 Å². The number of amides is 1. The third-order valence-corrected chi connectivity index (χ3v) is 5.16. The molecule has 0 bridgehead atoms. The summed E-state index contributed by atoms with van der Waals surface area (Å²) in [7, 11) is 0. The van der Waals surface area contributed by atoms with E-state index >= 15 is 0 Å². The lowest BCUT2D eigenvalue weighted by atomic mass is 10.2. The first-order valence-corrected chi connectivity index (χ1v) is 10.0. The highest BCUT2D eigenvalue weighted by Gasteiger charge is 2.15. The smallest absolute Gasteiger partial charge is 0.317 e. The first kappa shape index (κ1) is 20.6. The van der Waals surface area contributed by atoms with Crippen molar-refractivity contribution in [3.8, 4) is 0 Å². The average molecular weight is 435 g/mol. The van der Waals surface area contributed by atoms with Gasteiger partial charge in [0.05, 0.1) is 17.6 Å². The number of rotatable bonds is 6. The van der Waals surface area contributed by atoms with Crippen LogP contribution in [0.1, 0.15) is 11.1 Å². The highest BCUT2D eigenvalue weighted by atomic mass is 35.5. The second-order valence-electron chi connectivity index (χ2n) is 7.04. The Morgan fingerprint density at radius 3 is 2.23 bits per heavy atom. The predicted molar refractivity (Wildman–Crippen MR) is 119 cm³/mol. The molecule has 0 atom stereocenters. The van der Waals surface area contributed by atoms with Gasteiger partial charge >= 0.3 is 11.1 Å². The van der Waals surface area contributed by atoms with E-state index in [0.29, 0.717) is 16.1 Å².